The van der Waals surface area contributed by atoms with Crippen LogP contribution in [-0.2, 0) is 0 Å². The summed E-state index contributed by atoms with van der Waals surface area (Å²) in [5.74, 6) is 0.334. The first kappa shape index (κ1) is 23.8. The summed E-state index contributed by atoms with van der Waals surface area (Å²) in [7, 11) is 0. The van der Waals surface area contributed by atoms with Crippen LogP contribution in [0.15, 0.2) is 132 Å². The standard InChI is InChI=1S/C35H29N3S/c1-5-14-25(15-6-1)24-29-22-13-23-30-31(29)37-38(33(30)27-18-9-3-10-19-27)35-36-32(26-16-7-2-8-17-26)34(39-35)28-20-11-4-12-21-28/h1-12,14-21,24,30,33H,13,22-23H2/b29-24-/t30-,33+/m0/s1. The third-order valence-electron chi connectivity index (χ3n) is 7.68. The molecule has 1 fully saturated rings. The van der Waals surface area contributed by atoms with Crippen molar-refractivity contribution in [2.24, 2.45) is 11.0 Å². The van der Waals surface area contributed by atoms with Crippen LogP contribution in [0, 0.1) is 5.92 Å². The third kappa shape index (κ3) is 4.62. The molecule has 4 heteroatoms. The molecule has 5 aromatic rings. The number of nitrogens with zero attached hydrogens (tertiary/aromatic N) is 3. The van der Waals surface area contributed by atoms with Crippen LogP contribution in [0.1, 0.15) is 36.4 Å². The first-order valence-corrected chi connectivity index (χ1v) is 14.5. The van der Waals surface area contributed by atoms with Crippen LogP contribution >= 0.6 is 11.3 Å². The Morgan fingerprint density at radius 3 is 2.03 bits per heavy atom. The van der Waals surface area contributed by atoms with E-state index < -0.39 is 0 Å². The van der Waals surface area contributed by atoms with Crippen molar-refractivity contribution in [3.63, 3.8) is 0 Å². The lowest BCUT2D eigenvalue weighted by Gasteiger charge is -2.29. The van der Waals surface area contributed by atoms with Crippen molar-refractivity contribution < 1.29 is 0 Å². The molecule has 2 atom stereocenters. The highest BCUT2D eigenvalue weighted by Gasteiger charge is 2.43. The third-order valence-corrected chi connectivity index (χ3v) is 8.77. The first-order chi connectivity index (χ1) is 19.3. The Morgan fingerprint density at radius 2 is 1.33 bits per heavy atom. The maximum Gasteiger partial charge on any atom is 0.207 e. The van der Waals surface area contributed by atoms with Gasteiger partial charge in [-0.25, -0.2) is 9.99 Å². The van der Waals surface area contributed by atoms with Crippen LogP contribution in [0.3, 0.4) is 0 Å². The molecular formula is C35H29N3S. The van der Waals surface area contributed by atoms with Gasteiger partial charge in [0.25, 0.3) is 0 Å². The van der Waals surface area contributed by atoms with Crippen molar-refractivity contribution in [1.82, 2.24) is 4.98 Å². The molecular weight excluding hydrogens is 494 g/mol. The zero-order chi connectivity index (χ0) is 26.0. The van der Waals surface area contributed by atoms with Crippen LogP contribution in [0.2, 0.25) is 0 Å². The number of fused-ring (bicyclic) bond motifs is 1. The Balaban J connectivity index is 1.38. The lowest BCUT2D eigenvalue weighted by molar-refractivity contribution is 0.487. The lowest BCUT2D eigenvalue weighted by atomic mass is 9.77. The maximum absolute atomic E-state index is 5.39. The average Bonchev–Trinajstić information content (AvgIpc) is 3.62. The van der Waals surface area contributed by atoms with Crippen molar-refractivity contribution in [1.29, 1.82) is 0 Å². The van der Waals surface area contributed by atoms with E-state index in [2.05, 4.69) is 132 Å². The normalized spacial score (nSPS) is 19.6. The quantitative estimate of drug-likeness (QED) is 0.230. The molecule has 0 saturated heterocycles. The minimum absolute atomic E-state index is 0.124. The summed E-state index contributed by atoms with van der Waals surface area (Å²) < 4.78 is 0. The number of hydrogen-bond donors (Lipinski definition) is 0. The molecule has 0 radical (unpaired) electrons. The molecule has 0 N–H and O–H groups in total. The predicted molar refractivity (Wildman–Crippen MR) is 164 cm³/mol. The Labute approximate surface area is 233 Å². The first-order valence-electron chi connectivity index (χ1n) is 13.7. The van der Waals surface area contributed by atoms with Crippen LogP contribution in [0.4, 0.5) is 5.13 Å². The Hall–Kier alpha value is -4.28. The number of thiazole rings is 1. The fourth-order valence-corrected chi connectivity index (χ4v) is 6.96. The molecule has 4 aromatic carbocycles. The van der Waals surface area contributed by atoms with Crippen LogP contribution in [0.25, 0.3) is 27.8 Å². The molecule has 190 valence electrons. The second-order valence-corrected chi connectivity index (χ2v) is 11.1. The number of anilines is 1. The summed E-state index contributed by atoms with van der Waals surface area (Å²) in [4.78, 5) is 6.48. The van der Waals surface area contributed by atoms with E-state index in [4.69, 9.17) is 10.1 Å². The van der Waals surface area contributed by atoms with Crippen molar-refractivity contribution in [3.8, 4) is 21.7 Å². The van der Waals surface area contributed by atoms with Gasteiger partial charge in [0.05, 0.1) is 22.3 Å². The van der Waals surface area contributed by atoms with Crippen molar-refractivity contribution in [2.45, 2.75) is 25.3 Å². The molecule has 0 unspecified atom stereocenters. The van der Waals surface area contributed by atoms with Crippen LogP contribution in [0.5, 0.6) is 0 Å². The Kier molecular flexibility index (Phi) is 6.39. The molecule has 0 amide bonds. The molecule has 2 aliphatic rings. The van der Waals surface area contributed by atoms with E-state index in [1.165, 1.54) is 39.3 Å². The molecule has 39 heavy (non-hydrogen) atoms. The van der Waals surface area contributed by atoms with Gasteiger partial charge >= 0.3 is 0 Å². The number of hydrazone groups is 1. The highest BCUT2D eigenvalue weighted by atomic mass is 32.1. The molecule has 2 heterocycles. The molecule has 1 aliphatic heterocycles. The minimum atomic E-state index is 0.124. The number of allylic oxidation sites excluding steroid dienone is 1. The molecule has 1 aromatic heterocycles. The zero-order valence-corrected chi connectivity index (χ0v) is 22.5. The molecule has 7 rings (SSSR count). The highest BCUT2D eigenvalue weighted by Crippen LogP contribution is 2.49. The smallest absolute Gasteiger partial charge is 0.207 e. The predicted octanol–water partition coefficient (Wildman–Crippen LogP) is 9.28. The van der Waals surface area contributed by atoms with E-state index in [1.54, 1.807) is 11.3 Å². The van der Waals surface area contributed by atoms with Crippen molar-refractivity contribution in [2.75, 3.05) is 5.01 Å². The summed E-state index contributed by atoms with van der Waals surface area (Å²) in [6.45, 7) is 0. The van der Waals surface area contributed by atoms with Gasteiger partial charge in [-0.2, -0.15) is 5.10 Å². The van der Waals surface area contributed by atoms with Crippen LogP contribution < -0.4 is 5.01 Å². The molecule has 3 nitrogen and oxygen atoms in total. The summed E-state index contributed by atoms with van der Waals surface area (Å²) in [6, 6.07) is 42.8. The summed E-state index contributed by atoms with van der Waals surface area (Å²) in [6.07, 6.45) is 5.69. The topological polar surface area (TPSA) is 28.5 Å². The van der Waals surface area contributed by atoms with E-state index in [0.717, 1.165) is 29.2 Å². The van der Waals surface area contributed by atoms with Gasteiger partial charge < -0.3 is 0 Å². The number of hydrogen-bond acceptors (Lipinski definition) is 4. The van der Waals surface area contributed by atoms with Crippen molar-refractivity contribution >= 4 is 28.3 Å². The summed E-state index contributed by atoms with van der Waals surface area (Å²) in [5.41, 5.74) is 8.43. The maximum atomic E-state index is 5.39. The van der Waals surface area contributed by atoms with Gasteiger partial charge in [-0.15, -0.1) is 0 Å². The highest BCUT2D eigenvalue weighted by molar-refractivity contribution is 7.19. The monoisotopic (exact) mass is 523 g/mol. The molecule has 1 aliphatic carbocycles. The fourth-order valence-electron chi connectivity index (χ4n) is 5.88. The molecule has 0 bridgehead atoms. The summed E-state index contributed by atoms with van der Waals surface area (Å²) >= 11 is 1.74. The van der Waals surface area contributed by atoms with E-state index in [-0.39, 0.29) is 6.04 Å². The van der Waals surface area contributed by atoms with E-state index in [0.29, 0.717) is 5.92 Å². The Bertz CT molecular complexity index is 1570. The molecule has 0 spiro atoms. The van der Waals surface area contributed by atoms with Gasteiger partial charge in [0.2, 0.25) is 5.13 Å². The van der Waals surface area contributed by atoms with Gasteiger partial charge in [0, 0.05) is 11.5 Å². The van der Waals surface area contributed by atoms with E-state index >= 15 is 0 Å². The minimum Gasteiger partial charge on any atom is -0.231 e. The SMILES string of the molecule is C(=C1\CCC[C@H]2C1=NN(c1nc(-c3ccccc3)c(-c3ccccc3)s1)[C@@H]2c1ccccc1)/c1ccccc1. The second kappa shape index (κ2) is 10.5. The summed E-state index contributed by atoms with van der Waals surface area (Å²) in [5, 5.41) is 8.56. The lowest BCUT2D eigenvalue weighted by Crippen LogP contribution is -2.28. The second-order valence-electron chi connectivity index (χ2n) is 10.2. The van der Waals surface area contributed by atoms with E-state index in [1.807, 2.05) is 0 Å². The zero-order valence-electron chi connectivity index (χ0n) is 21.7. The van der Waals surface area contributed by atoms with Gasteiger partial charge in [-0.05, 0) is 47.6 Å². The van der Waals surface area contributed by atoms with E-state index in [9.17, 15) is 0 Å². The van der Waals surface area contributed by atoms with Crippen molar-refractivity contribution in [3.05, 3.63) is 138 Å². The number of rotatable bonds is 5. The van der Waals surface area contributed by atoms with Gasteiger partial charge in [0.15, 0.2) is 0 Å². The number of benzene rings is 4. The Morgan fingerprint density at radius 1 is 0.718 bits per heavy atom. The average molecular weight is 524 g/mol. The fraction of sp³-hybridized carbons (Fsp3) is 0.143. The van der Waals surface area contributed by atoms with Gasteiger partial charge in [0.1, 0.15) is 0 Å². The molecule has 1 saturated carbocycles. The van der Waals surface area contributed by atoms with Gasteiger partial charge in [-0.1, -0.05) is 133 Å². The van der Waals surface area contributed by atoms with Crippen LogP contribution in [-0.4, -0.2) is 10.7 Å². The van der Waals surface area contributed by atoms with Gasteiger partial charge in [-0.3, -0.25) is 0 Å². The number of aromatic nitrogens is 1. The largest absolute Gasteiger partial charge is 0.231 e.